The summed E-state index contributed by atoms with van der Waals surface area (Å²) < 4.78 is 25.5. The molecule has 2 aromatic heterocycles. The maximum Gasteiger partial charge on any atom is 0.167 e. The zero-order valence-corrected chi connectivity index (χ0v) is 33.4. The maximum atomic E-state index is 12.9. The van der Waals surface area contributed by atoms with Crippen LogP contribution in [-0.2, 0) is 31.7 Å². The van der Waals surface area contributed by atoms with E-state index in [1.54, 1.807) is 73.8 Å². The number of ether oxygens (including phenoxy) is 4. The molecule has 298 valence electrons. The summed E-state index contributed by atoms with van der Waals surface area (Å²) in [6.07, 6.45) is 3.99. The van der Waals surface area contributed by atoms with Gasteiger partial charge in [-0.25, -0.2) is 0 Å². The van der Waals surface area contributed by atoms with E-state index in [9.17, 15) is 14.7 Å². The molecule has 13 heteroatoms. The van der Waals surface area contributed by atoms with Gasteiger partial charge in [-0.15, -0.1) is 0 Å². The van der Waals surface area contributed by atoms with Gasteiger partial charge in [0.05, 0.1) is 38.8 Å². The molecule has 12 nitrogen and oxygen atoms in total. The summed E-state index contributed by atoms with van der Waals surface area (Å²) in [6, 6.07) is 29.3. The Morgan fingerprint density at radius 3 is 1.77 bits per heavy atom. The number of phenols is 1. The van der Waals surface area contributed by atoms with E-state index in [1.165, 1.54) is 4.90 Å². The average Bonchev–Trinajstić information content (AvgIpc) is 3.86. The first-order valence-corrected chi connectivity index (χ1v) is 18.5. The van der Waals surface area contributed by atoms with Crippen molar-refractivity contribution in [2.24, 2.45) is 14.1 Å². The van der Waals surface area contributed by atoms with E-state index in [0.29, 0.717) is 41.2 Å². The van der Waals surface area contributed by atoms with Crippen molar-refractivity contribution in [2.75, 3.05) is 53.7 Å². The van der Waals surface area contributed by atoms with Crippen LogP contribution in [0.15, 0.2) is 109 Å². The van der Waals surface area contributed by atoms with Crippen molar-refractivity contribution in [1.82, 2.24) is 19.6 Å². The zero-order valence-electron chi connectivity index (χ0n) is 32.6. The van der Waals surface area contributed by atoms with Gasteiger partial charge in [0.1, 0.15) is 49.2 Å². The van der Waals surface area contributed by atoms with E-state index >= 15 is 0 Å². The van der Waals surface area contributed by atoms with Crippen molar-refractivity contribution in [1.29, 1.82) is 0 Å². The summed E-state index contributed by atoms with van der Waals surface area (Å²) in [5, 5.41) is 18.5. The fourth-order valence-corrected chi connectivity index (χ4v) is 6.57. The number of hydrogen-bond donors (Lipinski definition) is 2. The van der Waals surface area contributed by atoms with Crippen LogP contribution in [0.5, 0.6) is 23.0 Å². The Bertz CT molecular complexity index is 2260. The number of Topliss-reactive ketones (excluding diaryl/α,β-unsaturated/α-hetero) is 2. The molecule has 1 fully saturated rings. The van der Waals surface area contributed by atoms with Crippen LogP contribution >= 0.6 is 0 Å². The molecule has 4 aromatic carbocycles. The molecule has 7 rings (SSSR count). The van der Waals surface area contributed by atoms with Gasteiger partial charge in [0.2, 0.25) is 0 Å². The standard InChI is InChI=1S/C25H29N3O4.C19H18N2O3.ClH/c1-27-23(8-9-26-27)22-16-19(17-24(29)20-4-3-5-21(18-20)30-2)6-7-25(22)32-15-12-28-10-13-31-14-11-28;1-21-17(8-9-20-21)16-10-13(6-7-18(16)22)11-19(23)14-4-3-5-15(12-14)24-2;/h3-9,16,18H,10-15,17H2,1-2H3;3-10,12,22H,11H2,1-2H3;1H. The monoisotopic (exact) mass is 793 g/mol. The number of aromatic nitrogens is 4. The number of carbonyl (C=O) groups is 2. The topological polar surface area (TPSA) is 131 Å². The SMILES string of the molecule is COc1cccc(C(=O)Cc2ccc(O)c(-c3ccnn3C)c2)c1.COc1cccc(C(=O)Cc2ccc(OCC[NH+]3CCOCC3)c(-c3ccnn3C)c2)c1.[Cl-]. The normalized spacial score (nSPS) is 12.5. The quantitative estimate of drug-likeness (QED) is 0.159. The first-order valence-electron chi connectivity index (χ1n) is 18.5. The lowest BCUT2D eigenvalue weighted by Crippen LogP contribution is -3.14. The van der Waals surface area contributed by atoms with Crippen molar-refractivity contribution in [3.8, 4) is 45.5 Å². The van der Waals surface area contributed by atoms with Crippen molar-refractivity contribution >= 4 is 11.6 Å². The predicted octanol–water partition coefficient (Wildman–Crippen LogP) is 2.05. The fourth-order valence-electron chi connectivity index (χ4n) is 6.57. The number of aromatic hydroxyl groups is 1. The lowest BCUT2D eigenvalue weighted by molar-refractivity contribution is -0.908. The third-order valence-corrected chi connectivity index (χ3v) is 9.72. The summed E-state index contributed by atoms with van der Waals surface area (Å²) >= 11 is 0. The van der Waals surface area contributed by atoms with E-state index in [4.69, 9.17) is 18.9 Å². The van der Waals surface area contributed by atoms with Gasteiger partial charge < -0.3 is 41.4 Å². The van der Waals surface area contributed by atoms with Crippen molar-refractivity contribution in [3.05, 3.63) is 132 Å². The molecule has 6 aromatic rings. The number of nitrogens with one attached hydrogen (secondary N) is 1. The third-order valence-electron chi connectivity index (χ3n) is 9.72. The molecule has 0 radical (unpaired) electrons. The highest BCUT2D eigenvalue weighted by molar-refractivity contribution is 5.98. The molecule has 1 aliphatic heterocycles. The molecule has 0 atom stereocenters. The first kappa shape index (κ1) is 42.2. The van der Waals surface area contributed by atoms with Crippen molar-refractivity contribution in [2.45, 2.75) is 12.8 Å². The molecule has 0 saturated carbocycles. The van der Waals surface area contributed by atoms with Gasteiger partial charge in [0.25, 0.3) is 0 Å². The smallest absolute Gasteiger partial charge is 0.167 e. The van der Waals surface area contributed by atoms with E-state index in [2.05, 4.69) is 10.2 Å². The zero-order chi connectivity index (χ0) is 39.4. The van der Waals surface area contributed by atoms with Crippen LogP contribution in [0.4, 0.5) is 0 Å². The minimum atomic E-state index is -0.00412. The first-order chi connectivity index (χ1) is 27.2. The number of halogens is 1. The number of quaternary nitrogens is 1. The fraction of sp³-hybridized carbons (Fsp3) is 0.273. The van der Waals surface area contributed by atoms with Gasteiger partial charge in [-0.3, -0.25) is 19.0 Å². The van der Waals surface area contributed by atoms with Crippen LogP contribution in [0.3, 0.4) is 0 Å². The number of aryl methyl sites for hydroxylation is 2. The van der Waals surface area contributed by atoms with Crippen LogP contribution in [0.25, 0.3) is 22.5 Å². The van der Waals surface area contributed by atoms with Gasteiger partial charge in [-0.1, -0.05) is 36.4 Å². The molecule has 0 spiro atoms. The molecule has 0 aliphatic carbocycles. The second-order valence-corrected chi connectivity index (χ2v) is 13.5. The van der Waals surface area contributed by atoms with E-state index < -0.39 is 0 Å². The van der Waals surface area contributed by atoms with Crippen molar-refractivity contribution < 1.29 is 50.9 Å². The lowest BCUT2D eigenvalue weighted by Gasteiger charge is -2.24. The van der Waals surface area contributed by atoms with Gasteiger partial charge in [0.15, 0.2) is 11.6 Å². The number of methoxy groups -OCH3 is 2. The highest BCUT2D eigenvalue weighted by Crippen LogP contribution is 2.32. The number of carbonyl (C=O) groups excluding carboxylic acids is 2. The average molecular weight is 794 g/mol. The largest absolute Gasteiger partial charge is 1.00 e. The predicted molar refractivity (Wildman–Crippen MR) is 213 cm³/mol. The molecule has 57 heavy (non-hydrogen) atoms. The van der Waals surface area contributed by atoms with E-state index in [1.807, 2.05) is 73.4 Å². The minimum Gasteiger partial charge on any atom is -1.00 e. The van der Waals surface area contributed by atoms with Crippen LogP contribution in [0.1, 0.15) is 31.8 Å². The minimum absolute atomic E-state index is 0. The van der Waals surface area contributed by atoms with Gasteiger partial charge >= 0.3 is 0 Å². The van der Waals surface area contributed by atoms with Gasteiger partial charge in [-0.2, -0.15) is 10.2 Å². The number of rotatable bonds is 14. The van der Waals surface area contributed by atoms with Crippen LogP contribution in [0.2, 0.25) is 0 Å². The Labute approximate surface area is 339 Å². The Balaban J connectivity index is 0.000000222. The Morgan fingerprint density at radius 1 is 0.719 bits per heavy atom. The molecule has 0 amide bonds. The maximum absolute atomic E-state index is 12.9. The lowest BCUT2D eigenvalue weighted by atomic mass is 9.99. The highest BCUT2D eigenvalue weighted by atomic mass is 35.5. The summed E-state index contributed by atoms with van der Waals surface area (Å²) in [4.78, 5) is 26.9. The second kappa shape index (κ2) is 20.3. The molecular formula is C44H48ClN5O7. The molecule has 0 unspecified atom stereocenters. The summed E-state index contributed by atoms with van der Waals surface area (Å²) in [6.45, 7) is 5.22. The number of ketones is 2. The number of morpholine rings is 1. The number of benzene rings is 4. The van der Waals surface area contributed by atoms with E-state index in [-0.39, 0.29) is 36.1 Å². The Hall–Kier alpha value is -5.95. The molecule has 1 saturated heterocycles. The molecule has 0 bridgehead atoms. The number of phenolic OH excluding ortho intramolecular Hbond substituents is 1. The highest BCUT2D eigenvalue weighted by Gasteiger charge is 2.17. The van der Waals surface area contributed by atoms with Gasteiger partial charge in [0, 0.05) is 61.6 Å². The summed E-state index contributed by atoms with van der Waals surface area (Å²) in [7, 11) is 6.89. The molecule has 3 heterocycles. The van der Waals surface area contributed by atoms with E-state index in [0.717, 1.165) is 66.7 Å². The molecule has 2 N–H and O–H groups in total. The number of nitrogens with zero attached hydrogens (tertiary/aromatic N) is 4. The Kier molecular flexibility index (Phi) is 15.0. The summed E-state index contributed by atoms with van der Waals surface area (Å²) in [5.41, 5.74) is 6.35. The van der Waals surface area contributed by atoms with Crippen molar-refractivity contribution in [3.63, 3.8) is 0 Å². The second-order valence-electron chi connectivity index (χ2n) is 13.5. The molecular weight excluding hydrogens is 746 g/mol. The van der Waals surface area contributed by atoms with Gasteiger partial charge in [-0.05, 0) is 71.8 Å². The Morgan fingerprint density at radius 2 is 1.25 bits per heavy atom. The van der Waals surface area contributed by atoms with Crippen LogP contribution in [-0.4, -0.2) is 89.9 Å². The molecule has 1 aliphatic rings. The van der Waals surface area contributed by atoms with Crippen LogP contribution in [0, 0.1) is 0 Å². The van der Waals surface area contributed by atoms with Crippen LogP contribution < -0.4 is 31.5 Å². The third kappa shape index (κ3) is 11.1. The summed E-state index contributed by atoms with van der Waals surface area (Å²) in [5.74, 6) is 2.34. The number of hydrogen-bond acceptors (Lipinski definition) is 9.